The van der Waals surface area contributed by atoms with Crippen LogP contribution in [0.2, 0.25) is 0 Å². The maximum atomic E-state index is 4.57. The molecule has 0 bridgehead atoms. The van der Waals surface area contributed by atoms with Crippen LogP contribution in [0.15, 0.2) is 11.4 Å². The summed E-state index contributed by atoms with van der Waals surface area (Å²) >= 11 is 1.87. The van der Waals surface area contributed by atoms with Crippen molar-refractivity contribution < 1.29 is 0 Å². The molecule has 6 heteroatoms. The number of likely N-dealkylation sites (N-methyl/N-ethyl adjacent to an activating group) is 1. The van der Waals surface area contributed by atoms with Crippen molar-refractivity contribution >= 4 is 11.3 Å². The van der Waals surface area contributed by atoms with Crippen LogP contribution in [0.3, 0.4) is 0 Å². The first kappa shape index (κ1) is 15.6. The second kappa shape index (κ2) is 6.48. The summed E-state index contributed by atoms with van der Waals surface area (Å²) < 4.78 is 0. The fourth-order valence-corrected chi connectivity index (χ4v) is 4.21. The van der Waals surface area contributed by atoms with E-state index in [2.05, 4.69) is 57.4 Å². The van der Waals surface area contributed by atoms with E-state index in [1.54, 1.807) is 0 Å². The minimum Gasteiger partial charge on any atom is -0.304 e. The summed E-state index contributed by atoms with van der Waals surface area (Å²) in [7, 11) is 4.33. The highest BCUT2D eigenvalue weighted by atomic mass is 32.1. The topological polar surface area (TPSA) is 48.1 Å². The number of hydrogen-bond acceptors (Lipinski definition) is 5. The third-order valence-corrected chi connectivity index (χ3v) is 5.62. The van der Waals surface area contributed by atoms with Crippen LogP contribution in [-0.2, 0) is 6.54 Å². The Morgan fingerprint density at radius 1 is 1.41 bits per heavy atom. The van der Waals surface area contributed by atoms with Gasteiger partial charge in [-0.3, -0.25) is 10.00 Å². The number of hydrogen-bond donors (Lipinski definition) is 1. The minimum atomic E-state index is 0.417. The van der Waals surface area contributed by atoms with Gasteiger partial charge in [-0.15, -0.1) is 11.3 Å². The number of aromatic nitrogens is 3. The van der Waals surface area contributed by atoms with Crippen molar-refractivity contribution in [3.05, 3.63) is 33.5 Å². The van der Waals surface area contributed by atoms with Crippen LogP contribution in [0.25, 0.3) is 0 Å². The summed E-state index contributed by atoms with van der Waals surface area (Å²) in [4.78, 5) is 11.0. The number of aromatic amines is 1. The average molecular weight is 319 g/mol. The Hall–Kier alpha value is -1.24. The molecule has 2 atom stereocenters. The Morgan fingerprint density at radius 2 is 2.23 bits per heavy atom. The molecule has 0 aliphatic carbocycles. The predicted molar refractivity (Wildman–Crippen MR) is 90.3 cm³/mol. The Kier molecular flexibility index (Phi) is 4.61. The summed E-state index contributed by atoms with van der Waals surface area (Å²) in [6.07, 6.45) is 1.12. The van der Waals surface area contributed by atoms with Crippen LogP contribution in [0.1, 0.15) is 34.4 Å². The van der Waals surface area contributed by atoms with E-state index in [-0.39, 0.29) is 0 Å². The third-order valence-electron chi connectivity index (χ3n) is 4.61. The molecular weight excluding hydrogens is 294 g/mol. The maximum absolute atomic E-state index is 4.57. The fraction of sp³-hybridized carbons (Fsp3) is 0.625. The van der Waals surface area contributed by atoms with Crippen LogP contribution in [0.4, 0.5) is 0 Å². The van der Waals surface area contributed by atoms with E-state index in [9.17, 15) is 0 Å². The van der Waals surface area contributed by atoms with Crippen molar-refractivity contribution in [1.82, 2.24) is 25.0 Å². The van der Waals surface area contributed by atoms with Gasteiger partial charge in [0.05, 0.1) is 0 Å². The van der Waals surface area contributed by atoms with Gasteiger partial charge < -0.3 is 4.90 Å². The second-order valence-corrected chi connectivity index (χ2v) is 7.47. The summed E-state index contributed by atoms with van der Waals surface area (Å²) in [5.74, 6) is 2.30. The van der Waals surface area contributed by atoms with Gasteiger partial charge in [-0.1, -0.05) is 0 Å². The van der Waals surface area contributed by atoms with Gasteiger partial charge >= 0.3 is 0 Å². The van der Waals surface area contributed by atoms with Crippen molar-refractivity contribution in [1.29, 1.82) is 0 Å². The zero-order chi connectivity index (χ0) is 15.7. The van der Waals surface area contributed by atoms with Gasteiger partial charge in [0.15, 0.2) is 5.82 Å². The number of nitrogens with zero attached hydrogens (tertiary/aromatic N) is 4. The largest absolute Gasteiger partial charge is 0.304 e. The SMILES string of the molecule is Cc1nc([C@H]2CCN(Cc3sccc3C)C[C@H]2N(C)C)n[nH]1. The monoisotopic (exact) mass is 319 g/mol. The van der Waals surface area contributed by atoms with Crippen LogP contribution >= 0.6 is 11.3 Å². The van der Waals surface area contributed by atoms with Crippen molar-refractivity contribution in [2.24, 2.45) is 0 Å². The van der Waals surface area contributed by atoms with Crippen LogP contribution in [0, 0.1) is 13.8 Å². The second-order valence-electron chi connectivity index (χ2n) is 6.47. The standard InChI is InChI=1S/C16H25N5S/c1-11-6-8-22-15(11)10-21-7-5-13(14(9-21)20(3)4)16-17-12(2)18-19-16/h6,8,13-14H,5,7,9-10H2,1-4H3,(H,17,18,19)/t13-,14+/m0/s1. The molecule has 0 radical (unpaired) electrons. The number of likely N-dealkylation sites (tertiary alicyclic amines) is 1. The first-order valence-electron chi connectivity index (χ1n) is 7.85. The summed E-state index contributed by atoms with van der Waals surface area (Å²) in [6, 6.07) is 2.68. The lowest BCUT2D eigenvalue weighted by atomic mass is 9.90. The maximum Gasteiger partial charge on any atom is 0.155 e. The van der Waals surface area contributed by atoms with Crippen molar-refractivity contribution in [2.45, 2.75) is 38.8 Å². The molecule has 0 amide bonds. The minimum absolute atomic E-state index is 0.417. The van der Waals surface area contributed by atoms with Crippen molar-refractivity contribution in [3.63, 3.8) is 0 Å². The zero-order valence-electron chi connectivity index (χ0n) is 13.8. The molecule has 2 aromatic rings. The molecular formula is C16H25N5S. The van der Waals surface area contributed by atoms with E-state index in [0.29, 0.717) is 12.0 Å². The lowest BCUT2D eigenvalue weighted by molar-refractivity contribution is 0.106. The van der Waals surface area contributed by atoms with Crippen molar-refractivity contribution in [3.8, 4) is 0 Å². The van der Waals surface area contributed by atoms with Crippen LogP contribution in [0.5, 0.6) is 0 Å². The van der Waals surface area contributed by atoms with Gasteiger partial charge in [-0.25, -0.2) is 4.98 Å². The highest BCUT2D eigenvalue weighted by molar-refractivity contribution is 7.10. The first-order chi connectivity index (χ1) is 10.5. The first-order valence-corrected chi connectivity index (χ1v) is 8.73. The highest BCUT2D eigenvalue weighted by Gasteiger charge is 2.34. The van der Waals surface area contributed by atoms with Gasteiger partial charge in [0.25, 0.3) is 0 Å². The number of aryl methyl sites for hydroxylation is 2. The molecule has 0 saturated carbocycles. The van der Waals surface area contributed by atoms with E-state index in [0.717, 1.165) is 37.7 Å². The summed E-state index contributed by atoms with van der Waals surface area (Å²) in [5, 5.41) is 9.59. The molecule has 22 heavy (non-hydrogen) atoms. The number of piperidine rings is 1. The van der Waals surface area contributed by atoms with E-state index < -0.39 is 0 Å². The number of thiophene rings is 1. The van der Waals surface area contributed by atoms with Crippen LogP contribution < -0.4 is 0 Å². The van der Waals surface area contributed by atoms with E-state index >= 15 is 0 Å². The van der Waals surface area contributed by atoms with Gasteiger partial charge in [-0.2, -0.15) is 5.10 Å². The Bertz CT molecular complexity index is 618. The molecule has 2 aromatic heterocycles. The van der Waals surface area contributed by atoms with Crippen molar-refractivity contribution in [2.75, 3.05) is 27.2 Å². The highest BCUT2D eigenvalue weighted by Crippen LogP contribution is 2.30. The lowest BCUT2D eigenvalue weighted by Gasteiger charge is -2.40. The average Bonchev–Trinajstić information content (AvgIpc) is 3.08. The normalized spacial score (nSPS) is 23.3. The Balaban J connectivity index is 1.72. The van der Waals surface area contributed by atoms with E-state index in [1.165, 1.54) is 10.4 Å². The number of H-pyrrole nitrogens is 1. The summed E-state index contributed by atoms with van der Waals surface area (Å²) in [5.41, 5.74) is 1.41. The summed E-state index contributed by atoms with van der Waals surface area (Å²) in [6.45, 7) is 7.42. The van der Waals surface area contributed by atoms with Crippen LogP contribution in [-0.4, -0.2) is 58.2 Å². The molecule has 1 fully saturated rings. The number of rotatable bonds is 4. The molecule has 3 rings (SSSR count). The Morgan fingerprint density at radius 3 is 2.82 bits per heavy atom. The zero-order valence-corrected chi connectivity index (χ0v) is 14.7. The molecule has 0 aromatic carbocycles. The Labute approximate surface area is 136 Å². The third kappa shape index (κ3) is 3.24. The lowest BCUT2D eigenvalue weighted by Crippen LogP contribution is -2.49. The van der Waals surface area contributed by atoms with Gasteiger partial charge in [-0.05, 0) is 57.9 Å². The molecule has 1 aliphatic rings. The van der Waals surface area contributed by atoms with E-state index in [4.69, 9.17) is 0 Å². The molecule has 1 aliphatic heterocycles. The molecule has 5 nitrogen and oxygen atoms in total. The molecule has 3 heterocycles. The molecule has 0 spiro atoms. The predicted octanol–water partition coefficient (Wildman–Crippen LogP) is 2.40. The molecule has 120 valence electrons. The quantitative estimate of drug-likeness (QED) is 0.940. The fourth-order valence-electron chi connectivity index (χ4n) is 3.26. The molecule has 1 N–H and O–H groups in total. The number of nitrogens with one attached hydrogen (secondary N) is 1. The smallest absolute Gasteiger partial charge is 0.155 e. The van der Waals surface area contributed by atoms with Gasteiger partial charge in [0.1, 0.15) is 5.82 Å². The molecule has 1 saturated heterocycles. The van der Waals surface area contributed by atoms with E-state index in [1.807, 2.05) is 18.3 Å². The van der Waals surface area contributed by atoms with Gasteiger partial charge in [0.2, 0.25) is 0 Å². The molecule has 0 unspecified atom stereocenters. The van der Waals surface area contributed by atoms with Gasteiger partial charge in [0, 0.05) is 29.9 Å².